The summed E-state index contributed by atoms with van der Waals surface area (Å²) in [5.41, 5.74) is 1.21. The zero-order valence-electron chi connectivity index (χ0n) is 5.76. The Morgan fingerprint density at radius 1 is 1.44 bits per heavy atom. The second kappa shape index (κ2) is 3.45. The number of piperidine rings is 1. The van der Waals surface area contributed by atoms with Crippen molar-refractivity contribution in [2.45, 2.75) is 12.8 Å². The average molecular weight is 129 g/mol. The maximum Gasteiger partial charge on any atom is 0.106 e. The molecule has 1 fully saturated rings. The van der Waals surface area contributed by atoms with E-state index in [1.807, 2.05) is 0 Å². The second-order valence-electron chi connectivity index (χ2n) is 2.21. The number of hydrogen-bond donors (Lipinski definition) is 1. The van der Waals surface area contributed by atoms with Gasteiger partial charge in [-0.05, 0) is 0 Å². The SMILES string of the molecule is CON=C1CC[NH2+]CC1. The zero-order valence-corrected chi connectivity index (χ0v) is 5.76. The molecule has 0 aromatic heterocycles. The van der Waals surface area contributed by atoms with E-state index in [0.717, 1.165) is 12.8 Å². The van der Waals surface area contributed by atoms with Crippen LogP contribution in [0.2, 0.25) is 0 Å². The fraction of sp³-hybridized carbons (Fsp3) is 0.833. The maximum atomic E-state index is 4.66. The lowest BCUT2D eigenvalue weighted by molar-refractivity contribution is -0.655. The zero-order chi connectivity index (χ0) is 6.53. The maximum absolute atomic E-state index is 4.66. The Morgan fingerprint density at radius 2 is 2.11 bits per heavy atom. The van der Waals surface area contributed by atoms with Gasteiger partial charge in [0.2, 0.25) is 0 Å². The normalized spacial score (nSPS) is 19.4. The van der Waals surface area contributed by atoms with E-state index in [-0.39, 0.29) is 0 Å². The first-order valence-corrected chi connectivity index (χ1v) is 3.34. The fourth-order valence-corrected chi connectivity index (χ4v) is 1.03. The van der Waals surface area contributed by atoms with Crippen LogP contribution >= 0.6 is 0 Å². The number of oxime groups is 1. The number of hydrogen-bond acceptors (Lipinski definition) is 2. The third kappa shape index (κ3) is 2.01. The first-order valence-electron chi connectivity index (χ1n) is 3.34. The molecule has 0 amide bonds. The van der Waals surface area contributed by atoms with Crippen LogP contribution in [0.25, 0.3) is 0 Å². The minimum absolute atomic E-state index is 1.09. The van der Waals surface area contributed by atoms with Gasteiger partial charge in [-0.25, -0.2) is 0 Å². The molecule has 1 heterocycles. The molecular weight excluding hydrogens is 116 g/mol. The van der Waals surface area contributed by atoms with E-state index in [4.69, 9.17) is 0 Å². The highest BCUT2D eigenvalue weighted by Gasteiger charge is 2.08. The molecule has 1 aliphatic heterocycles. The molecule has 1 rings (SSSR count). The van der Waals surface area contributed by atoms with Gasteiger partial charge in [-0.2, -0.15) is 0 Å². The average Bonchev–Trinajstić information content (AvgIpc) is 1.91. The molecular formula is C6H13N2O+. The molecule has 0 radical (unpaired) electrons. The van der Waals surface area contributed by atoms with E-state index in [0.29, 0.717) is 0 Å². The van der Waals surface area contributed by atoms with Crippen LogP contribution in [-0.4, -0.2) is 25.9 Å². The minimum atomic E-state index is 1.09. The molecule has 2 N–H and O–H groups in total. The molecule has 0 aliphatic carbocycles. The molecule has 0 saturated carbocycles. The Balaban J connectivity index is 2.30. The quantitative estimate of drug-likeness (QED) is 0.469. The van der Waals surface area contributed by atoms with E-state index < -0.39 is 0 Å². The van der Waals surface area contributed by atoms with Gasteiger partial charge in [0, 0.05) is 12.8 Å². The molecule has 0 atom stereocenters. The summed E-state index contributed by atoms with van der Waals surface area (Å²) in [5, 5.41) is 6.18. The molecule has 0 aromatic rings. The van der Waals surface area contributed by atoms with Gasteiger partial charge >= 0.3 is 0 Å². The number of quaternary nitrogens is 1. The third-order valence-corrected chi connectivity index (χ3v) is 1.49. The monoisotopic (exact) mass is 129 g/mol. The van der Waals surface area contributed by atoms with Crippen LogP contribution in [0, 0.1) is 0 Å². The van der Waals surface area contributed by atoms with E-state index in [9.17, 15) is 0 Å². The summed E-state index contributed by atoms with van der Waals surface area (Å²) in [7, 11) is 1.60. The lowest BCUT2D eigenvalue weighted by Crippen LogP contribution is -2.86. The first-order chi connectivity index (χ1) is 4.43. The Bertz CT molecular complexity index is 104. The van der Waals surface area contributed by atoms with Crippen molar-refractivity contribution in [3.8, 4) is 0 Å². The summed E-state index contributed by atoms with van der Waals surface area (Å²) >= 11 is 0. The molecule has 1 aliphatic rings. The Morgan fingerprint density at radius 3 is 2.67 bits per heavy atom. The number of rotatable bonds is 1. The standard InChI is InChI=1S/C6H12N2O/c1-9-8-6-2-4-7-5-3-6/h7H,2-5H2,1H3/p+1. The van der Waals surface area contributed by atoms with Gasteiger partial charge in [-0.15, -0.1) is 0 Å². The van der Waals surface area contributed by atoms with Crippen LogP contribution < -0.4 is 5.32 Å². The van der Waals surface area contributed by atoms with Crippen LogP contribution in [0.5, 0.6) is 0 Å². The van der Waals surface area contributed by atoms with Crippen LogP contribution in [-0.2, 0) is 4.84 Å². The van der Waals surface area contributed by atoms with E-state index in [1.54, 1.807) is 7.11 Å². The molecule has 0 aromatic carbocycles. The summed E-state index contributed by atoms with van der Waals surface area (Å²) in [5.74, 6) is 0. The van der Waals surface area contributed by atoms with Crippen LogP contribution in [0.1, 0.15) is 12.8 Å². The topological polar surface area (TPSA) is 38.2 Å². The molecule has 0 unspecified atom stereocenters. The van der Waals surface area contributed by atoms with Gasteiger partial charge in [-0.3, -0.25) is 0 Å². The lowest BCUT2D eigenvalue weighted by atomic mass is 10.1. The predicted molar refractivity (Wildman–Crippen MR) is 35.3 cm³/mol. The molecule has 52 valence electrons. The highest BCUT2D eigenvalue weighted by Crippen LogP contribution is 1.92. The summed E-state index contributed by atoms with van der Waals surface area (Å²) in [6.07, 6.45) is 2.18. The molecule has 3 nitrogen and oxygen atoms in total. The number of nitrogens with two attached hydrogens (primary N) is 1. The highest BCUT2D eigenvalue weighted by molar-refractivity contribution is 5.84. The van der Waals surface area contributed by atoms with Crippen molar-refractivity contribution in [2.75, 3.05) is 20.2 Å². The van der Waals surface area contributed by atoms with Crippen molar-refractivity contribution >= 4 is 5.71 Å². The summed E-state index contributed by atoms with van der Waals surface area (Å²) in [6.45, 7) is 2.34. The fourth-order valence-electron chi connectivity index (χ4n) is 1.03. The Labute approximate surface area is 55.1 Å². The third-order valence-electron chi connectivity index (χ3n) is 1.49. The van der Waals surface area contributed by atoms with Gasteiger partial charge in [0.05, 0.1) is 18.8 Å². The summed E-state index contributed by atoms with van der Waals surface area (Å²) < 4.78 is 0. The molecule has 1 saturated heterocycles. The smallest absolute Gasteiger partial charge is 0.106 e. The minimum Gasteiger partial charge on any atom is -0.399 e. The lowest BCUT2D eigenvalue weighted by Gasteiger charge is -2.09. The molecule has 9 heavy (non-hydrogen) atoms. The van der Waals surface area contributed by atoms with Crippen LogP contribution in [0.15, 0.2) is 5.16 Å². The first kappa shape index (κ1) is 6.55. The highest BCUT2D eigenvalue weighted by atomic mass is 16.6. The molecule has 3 heteroatoms. The molecule has 0 spiro atoms. The van der Waals surface area contributed by atoms with Crippen molar-refractivity contribution in [1.29, 1.82) is 0 Å². The number of nitrogens with zero attached hydrogens (tertiary/aromatic N) is 1. The Kier molecular flexibility index (Phi) is 2.51. The molecule has 0 bridgehead atoms. The Hall–Kier alpha value is -0.570. The van der Waals surface area contributed by atoms with E-state index in [1.165, 1.54) is 18.8 Å². The van der Waals surface area contributed by atoms with Gasteiger partial charge in [0.1, 0.15) is 7.11 Å². The second-order valence-corrected chi connectivity index (χ2v) is 2.21. The van der Waals surface area contributed by atoms with E-state index >= 15 is 0 Å². The van der Waals surface area contributed by atoms with Crippen molar-refractivity contribution in [2.24, 2.45) is 5.16 Å². The van der Waals surface area contributed by atoms with Gasteiger partial charge in [0.15, 0.2) is 0 Å². The summed E-state index contributed by atoms with van der Waals surface area (Å²) in [4.78, 5) is 4.66. The van der Waals surface area contributed by atoms with Crippen molar-refractivity contribution < 1.29 is 10.2 Å². The van der Waals surface area contributed by atoms with E-state index in [2.05, 4.69) is 15.3 Å². The predicted octanol–water partition coefficient (Wildman–Crippen LogP) is -0.654. The van der Waals surface area contributed by atoms with Gasteiger partial charge < -0.3 is 10.2 Å². The van der Waals surface area contributed by atoms with Crippen molar-refractivity contribution in [3.63, 3.8) is 0 Å². The van der Waals surface area contributed by atoms with Crippen LogP contribution in [0.3, 0.4) is 0 Å². The van der Waals surface area contributed by atoms with Crippen molar-refractivity contribution in [3.05, 3.63) is 0 Å². The van der Waals surface area contributed by atoms with Gasteiger partial charge in [-0.1, -0.05) is 5.16 Å². The largest absolute Gasteiger partial charge is 0.399 e. The van der Waals surface area contributed by atoms with Gasteiger partial charge in [0.25, 0.3) is 0 Å². The van der Waals surface area contributed by atoms with Crippen LogP contribution in [0.4, 0.5) is 0 Å². The summed E-state index contributed by atoms with van der Waals surface area (Å²) in [6, 6.07) is 0. The van der Waals surface area contributed by atoms with Crippen molar-refractivity contribution in [1.82, 2.24) is 0 Å².